The molecule has 0 amide bonds. The summed E-state index contributed by atoms with van der Waals surface area (Å²) in [7, 11) is 9.08. The van der Waals surface area contributed by atoms with Crippen molar-refractivity contribution in [1.29, 1.82) is 0 Å². The van der Waals surface area contributed by atoms with Crippen molar-refractivity contribution in [2.45, 2.75) is 24.5 Å². The third kappa shape index (κ3) is 6.27. The van der Waals surface area contributed by atoms with Crippen molar-refractivity contribution in [3.63, 3.8) is 0 Å². The van der Waals surface area contributed by atoms with Crippen LogP contribution in [0.5, 0.6) is 11.5 Å². The van der Waals surface area contributed by atoms with Gasteiger partial charge in [0, 0.05) is 72.2 Å². The number of halogens is 1. The number of hydrogen-bond acceptors (Lipinski definition) is 9. The van der Waals surface area contributed by atoms with Gasteiger partial charge in [-0.2, -0.15) is 0 Å². The third-order valence-corrected chi connectivity index (χ3v) is 10.7. The SMILES string of the molecule is COC12CC(COC(=O)c3cncc(Br)c3)CN(C)C1Cc1cn(C)c3cccc2c13.COc1c(-c2ccccc2)oc2c(OC)cccc2c1=O. The zero-order chi connectivity index (χ0) is 36.6. The van der Waals surface area contributed by atoms with Crippen molar-refractivity contribution < 1.29 is 28.2 Å². The van der Waals surface area contributed by atoms with Crippen LogP contribution in [0.3, 0.4) is 0 Å². The molecule has 11 heteroatoms. The average Bonchev–Trinajstić information content (AvgIpc) is 3.50. The van der Waals surface area contributed by atoms with E-state index in [0.29, 0.717) is 34.6 Å². The number of hydrogen-bond donors (Lipinski definition) is 0. The average molecular weight is 767 g/mol. The van der Waals surface area contributed by atoms with E-state index in [9.17, 15) is 9.59 Å². The normalized spacial score (nSPS) is 19.4. The Kier molecular flexibility index (Phi) is 9.93. The van der Waals surface area contributed by atoms with Crippen LogP contribution in [0.15, 0.2) is 105 Å². The van der Waals surface area contributed by atoms with E-state index in [2.05, 4.69) is 68.9 Å². The lowest BCUT2D eigenvalue weighted by atomic mass is 9.69. The number of ether oxygens (including phenoxy) is 4. The van der Waals surface area contributed by atoms with E-state index < -0.39 is 5.60 Å². The summed E-state index contributed by atoms with van der Waals surface area (Å²) in [4.78, 5) is 31.6. The summed E-state index contributed by atoms with van der Waals surface area (Å²) in [5.41, 5.74) is 4.88. The highest BCUT2D eigenvalue weighted by Gasteiger charge is 2.52. The first kappa shape index (κ1) is 35.4. The largest absolute Gasteiger partial charge is 0.493 e. The van der Waals surface area contributed by atoms with Gasteiger partial charge in [0.1, 0.15) is 5.60 Å². The monoisotopic (exact) mass is 765 g/mol. The Morgan fingerprint density at radius 1 is 1.00 bits per heavy atom. The van der Waals surface area contributed by atoms with Gasteiger partial charge in [-0.25, -0.2) is 4.79 Å². The zero-order valence-corrected chi connectivity index (χ0v) is 31.3. The van der Waals surface area contributed by atoms with Gasteiger partial charge < -0.3 is 27.9 Å². The number of likely N-dealkylation sites (tertiary alicyclic amines) is 1. The molecule has 1 saturated heterocycles. The molecule has 1 aliphatic heterocycles. The highest BCUT2D eigenvalue weighted by Crippen LogP contribution is 2.49. The van der Waals surface area contributed by atoms with Gasteiger partial charge in [0.25, 0.3) is 0 Å². The second-order valence-electron chi connectivity index (χ2n) is 13.3. The molecule has 3 aromatic carbocycles. The van der Waals surface area contributed by atoms with Crippen LogP contribution in [0, 0.1) is 5.92 Å². The van der Waals surface area contributed by atoms with E-state index in [1.807, 2.05) is 37.4 Å². The first-order valence-electron chi connectivity index (χ1n) is 17.0. The predicted octanol–water partition coefficient (Wildman–Crippen LogP) is 7.39. The number of carbonyl (C=O) groups excluding carboxylic acids is 1. The number of aryl methyl sites for hydroxylation is 1. The molecule has 0 saturated carbocycles. The van der Waals surface area contributed by atoms with Crippen molar-refractivity contribution in [2.24, 2.45) is 13.0 Å². The molecule has 268 valence electrons. The van der Waals surface area contributed by atoms with E-state index in [4.69, 9.17) is 23.4 Å². The van der Waals surface area contributed by atoms with Gasteiger partial charge in [-0.15, -0.1) is 0 Å². The Labute approximate surface area is 310 Å². The molecule has 8 rings (SSSR count). The van der Waals surface area contributed by atoms with Gasteiger partial charge in [0.15, 0.2) is 17.1 Å². The number of para-hydroxylation sites is 1. The van der Waals surface area contributed by atoms with E-state index in [-0.39, 0.29) is 29.1 Å². The molecule has 3 unspecified atom stereocenters. The second kappa shape index (κ2) is 14.6. The van der Waals surface area contributed by atoms with Gasteiger partial charge >= 0.3 is 5.97 Å². The number of likely N-dealkylation sites (N-methyl/N-ethyl adjacent to an activating group) is 1. The predicted molar refractivity (Wildman–Crippen MR) is 203 cm³/mol. The number of nitrogens with zero attached hydrogens (tertiary/aromatic N) is 3. The summed E-state index contributed by atoms with van der Waals surface area (Å²) in [6.07, 6.45) is 7.20. The number of benzene rings is 3. The topological polar surface area (TPSA) is 105 Å². The number of methoxy groups -OCH3 is 3. The first-order valence-corrected chi connectivity index (χ1v) is 17.8. The number of rotatable bonds is 7. The molecule has 6 aromatic rings. The Morgan fingerprint density at radius 2 is 1.79 bits per heavy atom. The smallest absolute Gasteiger partial charge is 0.339 e. The minimum Gasteiger partial charge on any atom is -0.493 e. The Balaban J connectivity index is 0.000000175. The van der Waals surface area contributed by atoms with Gasteiger partial charge in [-0.3, -0.25) is 14.7 Å². The fourth-order valence-electron chi connectivity index (χ4n) is 7.93. The van der Waals surface area contributed by atoms with Crippen LogP contribution in [-0.2, 0) is 28.5 Å². The molecular weight excluding hydrogens is 726 g/mol. The Hall–Kier alpha value is -4.97. The van der Waals surface area contributed by atoms with E-state index in [0.717, 1.165) is 29.4 Å². The molecule has 10 nitrogen and oxygen atoms in total. The molecule has 3 atom stereocenters. The molecule has 0 spiro atoms. The summed E-state index contributed by atoms with van der Waals surface area (Å²) in [6.45, 7) is 1.21. The minimum absolute atomic E-state index is 0.172. The summed E-state index contributed by atoms with van der Waals surface area (Å²) in [5.74, 6) is 0.943. The number of pyridine rings is 1. The van der Waals surface area contributed by atoms with E-state index in [1.54, 1.807) is 37.6 Å². The van der Waals surface area contributed by atoms with Crippen molar-refractivity contribution >= 4 is 43.8 Å². The van der Waals surface area contributed by atoms with Gasteiger partial charge in [0.05, 0.1) is 31.8 Å². The van der Waals surface area contributed by atoms with Crippen LogP contribution >= 0.6 is 15.9 Å². The number of carbonyl (C=O) groups is 1. The number of piperidine rings is 1. The molecule has 1 aliphatic carbocycles. The minimum atomic E-state index is -0.421. The maximum Gasteiger partial charge on any atom is 0.339 e. The Bertz CT molecular complexity index is 2320. The summed E-state index contributed by atoms with van der Waals surface area (Å²) in [6, 6.07) is 23.1. The summed E-state index contributed by atoms with van der Waals surface area (Å²) < 4.78 is 31.5. The van der Waals surface area contributed by atoms with Crippen LogP contribution < -0.4 is 14.9 Å². The van der Waals surface area contributed by atoms with Crippen LogP contribution in [0.4, 0.5) is 0 Å². The van der Waals surface area contributed by atoms with Crippen molar-refractivity contribution in [3.8, 4) is 22.8 Å². The van der Waals surface area contributed by atoms with Crippen molar-refractivity contribution in [3.05, 3.63) is 123 Å². The van der Waals surface area contributed by atoms with Gasteiger partial charge in [-0.05, 0) is 71.2 Å². The third-order valence-electron chi connectivity index (χ3n) is 10.2. The fraction of sp³-hybridized carbons (Fsp3) is 0.293. The van der Waals surface area contributed by atoms with Crippen molar-refractivity contribution in [1.82, 2.24) is 14.5 Å². The number of esters is 1. The molecule has 52 heavy (non-hydrogen) atoms. The second-order valence-corrected chi connectivity index (χ2v) is 14.2. The maximum absolute atomic E-state index is 12.6. The lowest BCUT2D eigenvalue weighted by Crippen LogP contribution is -2.59. The highest BCUT2D eigenvalue weighted by atomic mass is 79.9. The standard InChI is InChI=1S/C24H26BrN3O3.C17H14O4/c1-27-13-17-8-21-24(30-3,19-5-4-6-20(27)22(17)19)9-15(12-28(21)2)14-31-23(29)16-7-18(25)11-26-10-16;1-19-13-10-6-9-12-14(18)17(20-2)15(21-16(12)13)11-7-4-3-5-8-11/h4-7,10-11,13,15,21H,8-9,12,14H2,1-3H3;3-10H,1-2H3. The summed E-state index contributed by atoms with van der Waals surface area (Å²) >= 11 is 3.35. The molecule has 0 radical (unpaired) electrons. The van der Waals surface area contributed by atoms with Gasteiger partial charge in [0.2, 0.25) is 11.2 Å². The van der Waals surface area contributed by atoms with Crippen molar-refractivity contribution in [2.75, 3.05) is 41.5 Å². The lowest BCUT2D eigenvalue weighted by molar-refractivity contribution is -0.131. The summed E-state index contributed by atoms with van der Waals surface area (Å²) in [5, 5.41) is 1.75. The molecule has 1 fully saturated rings. The van der Waals surface area contributed by atoms with Gasteiger partial charge in [-0.1, -0.05) is 48.5 Å². The van der Waals surface area contributed by atoms with E-state index >= 15 is 0 Å². The Morgan fingerprint density at radius 3 is 2.52 bits per heavy atom. The number of aromatic nitrogens is 2. The molecule has 2 aliphatic rings. The molecule has 3 aromatic heterocycles. The van der Waals surface area contributed by atoms with Crippen LogP contribution in [0.25, 0.3) is 33.2 Å². The van der Waals surface area contributed by atoms with Crippen LogP contribution in [0.2, 0.25) is 0 Å². The first-order chi connectivity index (χ1) is 25.2. The zero-order valence-electron chi connectivity index (χ0n) is 29.7. The lowest BCUT2D eigenvalue weighted by Gasteiger charge is -2.53. The quantitative estimate of drug-likeness (QED) is 0.154. The maximum atomic E-state index is 12.6. The molecule has 4 heterocycles. The number of fused-ring (bicyclic) bond motifs is 3. The van der Waals surface area contributed by atoms with Crippen LogP contribution in [-0.4, -0.2) is 68.0 Å². The molecular formula is C41H40BrN3O7. The van der Waals surface area contributed by atoms with E-state index in [1.165, 1.54) is 35.3 Å². The van der Waals surface area contributed by atoms with Crippen LogP contribution in [0.1, 0.15) is 27.9 Å². The molecule has 0 bridgehead atoms. The highest BCUT2D eigenvalue weighted by molar-refractivity contribution is 9.10. The molecule has 0 N–H and O–H groups in total. The fourth-order valence-corrected chi connectivity index (χ4v) is 8.29.